The van der Waals surface area contributed by atoms with E-state index in [9.17, 15) is 14.0 Å². The molecule has 3 rings (SSSR count). The third-order valence-corrected chi connectivity index (χ3v) is 3.88. The Hall–Kier alpha value is -4.25. The van der Waals surface area contributed by atoms with Crippen molar-refractivity contribution >= 4 is 11.9 Å². The molecule has 1 amide bonds. The van der Waals surface area contributed by atoms with Crippen molar-refractivity contribution in [1.82, 2.24) is 10.3 Å². The first-order chi connectivity index (χ1) is 14.0. The first-order valence-electron chi connectivity index (χ1n) is 8.40. The molecule has 0 saturated carbocycles. The molecule has 3 aromatic rings. The van der Waals surface area contributed by atoms with Crippen LogP contribution in [0.15, 0.2) is 60.8 Å². The molecule has 0 saturated heterocycles. The van der Waals surface area contributed by atoms with Crippen LogP contribution in [0, 0.1) is 17.1 Å². The molecule has 29 heavy (non-hydrogen) atoms. The van der Waals surface area contributed by atoms with Gasteiger partial charge < -0.3 is 15.2 Å². The van der Waals surface area contributed by atoms with E-state index in [4.69, 9.17) is 15.1 Å². The lowest BCUT2D eigenvalue weighted by atomic mass is 10.1. The molecule has 0 radical (unpaired) electrons. The normalized spacial score (nSPS) is 10.1. The summed E-state index contributed by atoms with van der Waals surface area (Å²) in [6.45, 7) is 0.0622. The number of aromatic carboxylic acids is 1. The van der Waals surface area contributed by atoms with E-state index < -0.39 is 17.7 Å². The number of ether oxygens (including phenoxy) is 1. The van der Waals surface area contributed by atoms with Crippen molar-refractivity contribution in [3.05, 3.63) is 88.9 Å². The van der Waals surface area contributed by atoms with Crippen molar-refractivity contribution in [3.8, 4) is 17.7 Å². The van der Waals surface area contributed by atoms with Gasteiger partial charge in [-0.25, -0.2) is 14.2 Å². The third-order valence-electron chi connectivity index (χ3n) is 3.88. The monoisotopic (exact) mass is 391 g/mol. The van der Waals surface area contributed by atoms with Gasteiger partial charge in [-0.15, -0.1) is 0 Å². The Morgan fingerprint density at radius 2 is 1.93 bits per heavy atom. The molecule has 1 heterocycles. The molecular weight excluding hydrogens is 377 g/mol. The van der Waals surface area contributed by atoms with Gasteiger partial charge in [-0.05, 0) is 48.0 Å². The zero-order chi connectivity index (χ0) is 20.8. The molecule has 0 atom stereocenters. The summed E-state index contributed by atoms with van der Waals surface area (Å²) < 4.78 is 18.6. The van der Waals surface area contributed by atoms with Crippen molar-refractivity contribution in [2.45, 2.75) is 6.54 Å². The Labute approximate surface area is 165 Å². The van der Waals surface area contributed by atoms with Crippen molar-refractivity contribution in [1.29, 1.82) is 5.26 Å². The summed E-state index contributed by atoms with van der Waals surface area (Å²) in [6, 6.07) is 14.5. The van der Waals surface area contributed by atoms with Crippen molar-refractivity contribution in [3.63, 3.8) is 0 Å². The zero-order valence-electron chi connectivity index (χ0n) is 14.9. The fourth-order valence-corrected chi connectivity index (χ4v) is 2.46. The summed E-state index contributed by atoms with van der Waals surface area (Å²) in [5, 5.41) is 20.8. The molecule has 0 spiro atoms. The van der Waals surface area contributed by atoms with Crippen LogP contribution in [0.3, 0.4) is 0 Å². The first-order valence-corrected chi connectivity index (χ1v) is 8.40. The number of aromatic nitrogens is 1. The lowest BCUT2D eigenvalue weighted by Crippen LogP contribution is -2.24. The highest BCUT2D eigenvalue weighted by atomic mass is 19.1. The van der Waals surface area contributed by atoms with Gasteiger partial charge >= 0.3 is 5.97 Å². The van der Waals surface area contributed by atoms with Gasteiger partial charge in [0.2, 0.25) is 5.88 Å². The topological polar surface area (TPSA) is 112 Å². The number of carbonyl (C=O) groups is 2. The number of carboxylic acids is 1. The molecule has 8 heteroatoms. The number of hydrogen-bond donors (Lipinski definition) is 2. The molecule has 1 aromatic heterocycles. The van der Waals surface area contributed by atoms with E-state index in [0.29, 0.717) is 5.56 Å². The maximum absolute atomic E-state index is 13.1. The van der Waals surface area contributed by atoms with Gasteiger partial charge in [0.15, 0.2) is 0 Å². The highest BCUT2D eigenvalue weighted by Gasteiger charge is 2.16. The van der Waals surface area contributed by atoms with Crippen LogP contribution in [0.4, 0.5) is 4.39 Å². The highest BCUT2D eigenvalue weighted by molar-refractivity contribution is 5.96. The summed E-state index contributed by atoms with van der Waals surface area (Å²) >= 11 is 0. The Balaban J connectivity index is 1.81. The molecule has 0 aliphatic carbocycles. The number of pyridine rings is 1. The number of amides is 1. The van der Waals surface area contributed by atoms with Crippen LogP contribution >= 0.6 is 0 Å². The van der Waals surface area contributed by atoms with E-state index in [-0.39, 0.29) is 34.9 Å². The van der Waals surface area contributed by atoms with Gasteiger partial charge in [0.1, 0.15) is 23.2 Å². The van der Waals surface area contributed by atoms with Crippen LogP contribution in [0.2, 0.25) is 0 Å². The van der Waals surface area contributed by atoms with Gasteiger partial charge in [0.05, 0.1) is 11.1 Å². The maximum Gasteiger partial charge on any atom is 0.335 e. The summed E-state index contributed by atoms with van der Waals surface area (Å²) in [6.07, 6.45) is 1.26. The van der Waals surface area contributed by atoms with E-state index in [1.54, 1.807) is 12.1 Å². The number of carbonyl (C=O) groups excluding carboxylic acids is 1. The summed E-state index contributed by atoms with van der Waals surface area (Å²) in [5.41, 5.74) is 0.867. The maximum atomic E-state index is 13.1. The van der Waals surface area contributed by atoms with Crippen LogP contribution < -0.4 is 10.1 Å². The predicted molar refractivity (Wildman–Crippen MR) is 100.0 cm³/mol. The molecule has 7 nitrogen and oxygen atoms in total. The number of carboxylic acid groups (broad SMARTS) is 1. The molecule has 2 aromatic carbocycles. The number of rotatable bonds is 6. The Morgan fingerprint density at radius 1 is 1.17 bits per heavy atom. The summed E-state index contributed by atoms with van der Waals surface area (Å²) in [7, 11) is 0. The van der Waals surface area contributed by atoms with Gasteiger partial charge in [0.25, 0.3) is 5.91 Å². The fourth-order valence-electron chi connectivity index (χ4n) is 2.46. The number of nitrogens with one attached hydrogen (secondary N) is 1. The third kappa shape index (κ3) is 4.93. The molecule has 0 fully saturated rings. The highest BCUT2D eigenvalue weighted by Crippen LogP contribution is 2.24. The zero-order valence-corrected chi connectivity index (χ0v) is 14.9. The average molecular weight is 391 g/mol. The summed E-state index contributed by atoms with van der Waals surface area (Å²) in [5.74, 6) is -1.85. The first kappa shape index (κ1) is 19.5. The molecule has 0 aliphatic rings. The standard InChI is InChI=1S/C21H14FN3O4/c22-16-4-6-17(7-5-16)29-20-18(9-14(10-23)12-25-20)19(26)24-11-13-2-1-3-15(8-13)21(27)28/h1-9,12H,11H2,(H,24,26)(H,27,28). The van der Waals surface area contributed by atoms with Crippen LogP contribution in [-0.2, 0) is 6.54 Å². The quantitative estimate of drug-likeness (QED) is 0.665. The van der Waals surface area contributed by atoms with Crippen LogP contribution in [-0.4, -0.2) is 22.0 Å². The van der Waals surface area contributed by atoms with E-state index in [1.165, 1.54) is 48.7 Å². The second-order valence-corrected chi connectivity index (χ2v) is 5.93. The number of hydrogen-bond acceptors (Lipinski definition) is 5. The minimum atomic E-state index is -1.07. The fraction of sp³-hybridized carbons (Fsp3) is 0.0476. The Kier molecular flexibility index (Phi) is 5.80. The minimum absolute atomic E-state index is 0.0164. The molecule has 0 unspecified atom stereocenters. The van der Waals surface area contributed by atoms with Gasteiger partial charge in [-0.2, -0.15) is 5.26 Å². The molecule has 144 valence electrons. The average Bonchev–Trinajstić information content (AvgIpc) is 2.74. The number of nitriles is 1. The van der Waals surface area contributed by atoms with E-state index in [1.807, 2.05) is 6.07 Å². The van der Waals surface area contributed by atoms with E-state index >= 15 is 0 Å². The van der Waals surface area contributed by atoms with Crippen LogP contribution in [0.5, 0.6) is 11.6 Å². The Bertz CT molecular complexity index is 1110. The van der Waals surface area contributed by atoms with Crippen LogP contribution in [0.25, 0.3) is 0 Å². The Morgan fingerprint density at radius 3 is 2.62 bits per heavy atom. The second-order valence-electron chi connectivity index (χ2n) is 5.93. The SMILES string of the molecule is N#Cc1cnc(Oc2ccc(F)cc2)c(C(=O)NCc2cccc(C(=O)O)c2)c1. The van der Waals surface area contributed by atoms with Crippen molar-refractivity contribution < 1.29 is 23.8 Å². The van der Waals surface area contributed by atoms with Gasteiger partial charge in [-0.1, -0.05) is 12.1 Å². The van der Waals surface area contributed by atoms with E-state index in [0.717, 1.165) is 0 Å². The molecule has 0 bridgehead atoms. The number of nitrogens with zero attached hydrogens (tertiary/aromatic N) is 2. The molecule has 0 aliphatic heterocycles. The lowest BCUT2D eigenvalue weighted by Gasteiger charge is -2.11. The lowest BCUT2D eigenvalue weighted by molar-refractivity contribution is 0.0696. The van der Waals surface area contributed by atoms with Gasteiger partial charge in [0, 0.05) is 12.7 Å². The van der Waals surface area contributed by atoms with Crippen molar-refractivity contribution in [2.24, 2.45) is 0 Å². The molecular formula is C21H14FN3O4. The van der Waals surface area contributed by atoms with Gasteiger partial charge in [-0.3, -0.25) is 4.79 Å². The minimum Gasteiger partial charge on any atom is -0.478 e. The van der Waals surface area contributed by atoms with Crippen molar-refractivity contribution in [2.75, 3.05) is 0 Å². The molecule has 2 N–H and O–H groups in total. The second kappa shape index (κ2) is 8.63. The smallest absolute Gasteiger partial charge is 0.335 e. The summed E-state index contributed by atoms with van der Waals surface area (Å²) in [4.78, 5) is 27.7. The number of halogens is 1. The predicted octanol–water partition coefficient (Wildman–Crippen LogP) is 3.51. The largest absolute Gasteiger partial charge is 0.478 e. The van der Waals surface area contributed by atoms with Crippen LogP contribution in [0.1, 0.15) is 31.8 Å². The van der Waals surface area contributed by atoms with E-state index in [2.05, 4.69) is 10.3 Å². The number of benzene rings is 2.